The fraction of sp³-hybridized carbons (Fsp3) is 0.571. The normalized spacial score (nSPS) is 13.7. The maximum Gasteiger partial charge on any atom is 0.240 e. The second-order valence-electron chi connectivity index (χ2n) is 5.10. The van der Waals surface area contributed by atoms with Gasteiger partial charge in [0.05, 0.1) is 11.0 Å². The van der Waals surface area contributed by atoms with Gasteiger partial charge in [-0.05, 0) is 30.4 Å². The Kier molecular flexibility index (Phi) is 5.97. The van der Waals surface area contributed by atoms with Crippen LogP contribution in [0.3, 0.4) is 0 Å². The summed E-state index contributed by atoms with van der Waals surface area (Å²) in [6, 6.07) is 6.83. The number of aliphatic hydroxyl groups is 1. The smallest absolute Gasteiger partial charge is 0.240 e. The van der Waals surface area contributed by atoms with Crippen LogP contribution in [-0.4, -0.2) is 26.2 Å². The Balaban J connectivity index is 2.97. The Labute approximate surface area is 115 Å². The molecule has 0 aliphatic heterocycles. The lowest BCUT2D eigenvalue weighted by Gasteiger charge is -2.16. The van der Waals surface area contributed by atoms with Crippen molar-refractivity contribution >= 4 is 10.0 Å². The molecule has 0 bridgehead atoms. The van der Waals surface area contributed by atoms with Gasteiger partial charge in [-0.15, -0.1) is 0 Å². The van der Waals surface area contributed by atoms with Gasteiger partial charge in [-0.25, -0.2) is 13.1 Å². The molecule has 0 fully saturated rings. The van der Waals surface area contributed by atoms with Crippen molar-refractivity contribution in [2.45, 2.75) is 44.6 Å². The fourth-order valence-corrected chi connectivity index (χ4v) is 3.37. The van der Waals surface area contributed by atoms with Crippen LogP contribution in [-0.2, 0) is 16.4 Å². The third-order valence-electron chi connectivity index (χ3n) is 2.80. The largest absolute Gasteiger partial charge is 0.393 e. The van der Waals surface area contributed by atoms with Gasteiger partial charge in [-0.1, -0.05) is 39.0 Å². The lowest BCUT2D eigenvalue weighted by molar-refractivity contribution is 0.148. The van der Waals surface area contributed by atoms with Gasteiger partial charge in [-0.2, -0.15) is 0 Å². The molecule has 0 aliphatic carbocycles. The number of hydrogen-bond donors (Lipinski definition) is 2. The maximum atomic E-state index is 12.1. The average molecular weight is 285 g/mol. The maximum absolute atomic E-state index is 12.1. The predicted molar refractivity (Wildman–Crippen MR) is 76.5 cm³/mol. The molecule has 1 aromatic rings. The molecular formula is C14H23NO3S. The first-order valence-corrected chi connectivity index (χ1v) is 8.10. The zero-order valence-electron chi connectivity index (χ0n) is 11.8. The SMILES string of the molecule is CCNS(=O)(=O)c1ccccc1CC(O)CC(C)C. The van der Waals surface area contributed by atoms with E-state index in [4.69, 9.17) is 0 Å². The molecule has 0 saturated carbocycles. The molecular weight excluding hydrogens is 262 g/mol. The van der Waals surface area contributed by atoms with E-state index in [1.807, 2.05) is 13.8 Å². The highest BCUT2D eigenvalue weighted by atomic mass is 32.2. The molecule has 4 nitrogen and oxygen atoms in total. The summed E-state index contributed by atoms with van der Waals surface area (Å²) in [6.45, 7) is 6.16. The van der Waals surface area contributed by atoms with Crippen LogP contribution in [0.4, 0.5) is 0 Å². The van der Waals surface area contributed by atoms with Crippen molar-refractivity contribution < 1.29 is 13.5 Å². The molecule has 0 spiro atoms. The van der Waals surface area contributed by atoms with Gasteiger partial charge in [0, 0.05) is 6.54 Å². The molecule has 5 heteroatoms. The van der Waals surface area contributed by atoms with Gasteiger partial charge < -0.3 is 5.11 Å². The third kappa shape index (κ3) is 4.93. The van der Waals surface area contributed by atoms with Crippen molar-refractivity contribution in [1.82, 2.24) is 4.72 Å². The molecule has 0 radical (unpaired) electrons. The first-order valence-electron chi connectivity index (χ1n) is 6.62. The van der Waals surface area contributed by atoms with E-state index in [-0.39, 0.29) is 4.90 Å². The van der Waals surface area contributed by atoms with Crippen molar-refractivity contribution in [2.75, 3.05) is 6.54 Å². The zero-order valence-corrected chi connectivity index (χ0v) is 12.6. The zero-order chi connectivity index (χ0) is 14.5. The summed E-state index contributed by atoms with van der Waals surface area (Å²) < 4.78 is 26.6. The third-order valence-corrected chi connectivity index (χ3v) is 4.44. The molecule has 0 amide bonds. The number of benzene rings is 1. The number of rotatable bonds is 7. The van der Waals surface area contributed by atoms with E-state index in [0.29, 0.717) is 30.9 Å². The van der Waals surface area contributed by atoms with Crippen molar-refractivity contribution in [3.05, 3.63) is 29.8 Å². The minimum Gasteiger partial charge on any atom is -0.393 e. The molecule has 0 aromatic heterocycles. The van der Waals surface area contributed by atoms with E-state index < -0.39 is 16.1 Å². The van der Waals surface area contributed by atoms with Gasteiger partial charge in [0.1, 0.15) is 0 Å². The molecule has 1 aromatic carbocycles. The second kappa shape index (κ2) is 7.03. The summed E-state index contributed by atoms with van der Waals surface area (Å²) in [6.07, 6.45) is 0.507. The fourth-order valence-electron chi connectivity index (χ4n) is 2.08. The Bertz CT molecular complexity index is 497. The molecule has 108 valence electrons. The molecule has 1 atom stereocenters. The van der Waals surface area contributed by atoms with Crippen LogP contribution < -0.4 is 4.72 Å². The molecule has 1 unspecified atom stereocenters. The average Bonchev–Trinajstić information content (AvgIpc) is 2.28. The Morgan fingerprint density at radius 2 is 1.89 bits per heavy atom. The summed E-state index contributed by atoms with van der Waals surface area (Å²) in [4.78, 5) is 0.264. The molecule has 2 N–H and O–H groups in total. The summed E-state index contributed by atoms with van der Waals surface area (Å²) in [7, 11) is -3.48. The molecule has 1 rings (SSSR count). The van der Waals surface area contributed by atoms with Crippen molar-refractivity contribution in [1.29, 1.82) is 0 Å². The predicted octanol–water partition coefficient (Wildman–Crippen LogP) is 1.93. The van der Waals surface area contributed by atoms with E-state index in [9.17, 15) is 13.5 Å². The van der Waals surface area contributed by atoms with Crippen molar-refractivity contribution in [2.24, 2.45) is 5.92 Å². The summed E-state index contributed by atoms with van der Waals surface area (Å²) in [5.41, 5.74) is 0.664. The Hall–Kier alpha value is -0.910. The van der Waals surface area contributed by atoms with E-state index >= 15 is 0 Å². The molecule has 19 heavy (non-hydrogen) atoms. The summed E-state index contributed by atoms with van der Waals surface area (Å²) in [5, 5.41) is 9.98. The van der Waals surface area contributed by atoms with Gasteiger partial charge in [0.2, 0.25) is 10.0 Å². The topological polar surface area (TPSA) is 66.4 Å². The van der Waals surface area contributed by atoms with Crippen LogP contribution in [0.5, 0.6) is 0 Å². The lowest BCUT2D eigenvalue weighted by atomic mass is 10.00. The van der Waals surface area contributed by atoms with Gasteiger partial charge in [-0.3, -0.25) is 0 Å². The second-order valence-corrected chi connectivity index (χ2v) is 6.83. The van der Waals surface area contributed by atoms with E-state index in [1.165, 1.54) is 0 Å². The highest BCUT2D eigenvalue weighted by molar-refractivity contribution is 7.89. The lowest BCUT2D eigenvalue weighted by Crippen LogP contribution is -2.25. The van der Waals surface area contributed by atoms with E-state index in [2.05, 4.69) is 4.72 Å². The first-order chi connectivity index (χ1) is 8.86. The number of aliphatic hydroxyl groups excluding tert-OH is 1. The van der Waals surface area contributed by atoms with Gasteiger partial charge >= 0.3 is 0 Å². The quantitative estimate of drug-likeness (QED) is 0.804. The van der Waals surface area contributed by atoms with Gasteiger partial charge in [0.25, 0.3) is 0 Å². The van der Waals surface area contributed by atoms with E-state index in [1.54, 1.807) is 31.2 Å². The van der Waals surface area contributed by atoms with Crippen LogP contribution in [0.15, 0.2) is 29.2 Å². The Morgan fingerprint density at radius 1 is 1.26 bits per heavy atom. The first kappa shape index (κ1) is 16.1. The van der Waals surface area contributed by atoms with Crippen molar-refractivity contribution in [3.63, 3.8) is 0 Å². The summed E-state index contributed by atoms with van der Waals surface area (Å²) in [5.74, 6) is 0.382. The standard InChI is InChI=1S/C14H23NO3S/c1-4-15-19(17,18)14-8-6-5-7-12(14)10-13(16)9-11(2)3/h5-8,11,13,15-16H,4,9-10H2,1-3H3. The summed E-state index contributed by atoms with van der Waals surface area (Å²) >= 11 is 0. The molecule has 0 saturated heterocycles. The van der Waals surface area contributed by atoms with E-state index in [0.717, 1.165) is 0 Å². The molecule has 0 aliphatic rings. The van der Waals surface area contributed by atoms with Crippen LogP contribution in [0, 0.1) is 5.92 Å². The number of sulfonamides is 1. The van der Waals surface area contributed by atoms with Crippen LogP contribution in [0.25, 0.3) is 0 Å². The number of nitrogens with one attached hydrogen (secondary N) is 1. The minimum absolute atomic E-state index is 0.264. The van der Waals surface area contributed by atoms with Crippen molar-refractivity contribution in [3.8, 4) is 0 Å². The minimum atomic E-state index is -3.48. The number of hydrogen-bond acceptors (Lipinski definition) is 3. The van der Waals surface area contributed by atoms with Crippen LogP contribution in [0.2, 0.25) is 0 Å². The van der Waals surface area contributed by atoms with Crippen LogP contribution in [0.1, 0.15) is 32.8 Å². The highest BCUT2D eigenvalue weighted by Gasteiger charge is 2.19. The van der Waals surface area contributed by atoms with Gasteiger partial charge in [0.15, 0.2) is 0 Å². The highest BCUT2D eigenvalue weighted by Crippen LogP contribution is 2.19. The Morgan fingerprint density at radius 3 is 2.47 bits per heavy atom. The molecule has 0 heterocycles. The monoisotopic (exact) mass is 285 g/mol. The van der Waals surface area contributed by atoms with Crippen LogP contribution >= 0.6 is 0 Å².